The Morgan fingerprint density at radius 2 is 1.62 bits per heavy atom. The molecular weight excluding hydrogens is 311 g/mol. The highest BCUT2D eigenvalue weighted by Gasteiger charge is 1.98. The average Bonchev–Trinajstić information content (AvgIpc) is 2.31. The van der Waals surface area contributed by atoms with E-state index < -0.39 is 0 Å². The van der Waals surface area contributed by atoms with Gasteiger partial charge in [0.1, 0.15) is 11.5 Å². The van der Waals surface area contributed by atoms with E-state index in [9.17, 15) is 0 Å². The van der Waals surface area contributed by atoms with Crippen molar-refractivity contribution in [3.63, 3.8) is 0 Å². The van der Waals surface area contributed by atoms with Crippen molar-refractivity contribution >= 4 is 22.6 Å². The maximum Gasteiger partial charge on any atom is 0.127 e. The number of para-hydroxylation sites is 1. The number of alkyl halides is 1. The zero-order valence-electron chi connectivity index (χ0n) is 8.90. The van der Waals surface area contributed by atoms with E-state index in [0.717, 1.165) is 22.3 Å². The molecule has 0 heterocycles. The van der Waals surface area contributed by atoms with Crippen molar-refractivity contribution in [3.8, 4) is 11.5 Å². The molecule has 0 aliphatic heterocycles. The molecule has 16 heavy (non-hydrogen) atoms. The molecule has 2 heteroatoms. The fourth-order valence-corrected chi connectivity index (χ4v) is 2.12. The van der Waals surface area contributed by atoms with Crippen LogP contribution >= 0.6 is 22.6 Å². The predicted molar refractivity (Wildman–Crippen MR) is 75.5 cm³/mol. The quantitative estimate of drug-likeness (QED) is 0.596. The Kier molecular flexibility index (Phi) is 4.22. The van der Waals surface area contributed by atoms with Gasteiger partial charge in [0.05, 0.1) is 0 Å². The SMILES string of the molecule is ICCc1cccc(Oc2ccccc2)c1. The summed E-state index contributed by atoms with van der Waals surface area (Å²) in [4.78, 5) is 0. The summed E-state index contributed by atoms with van der Waals surface area (Å²) in [7, 11) is 0. The van der Waals surface area contributed by atoms with Crippen LogP contribution in [0.1, 0.15) is 5.56 Å². The van der Waals surface area contributed by atoms with Gasteiger partial charge in [-0.2, -0.15) is 0 Å². The zero-order chi connectivity index (χ0) is 11.2. The molecule has 2 aromatic carbocycles. The van der Waals surface area contributed by atoms with E-state index in [4.69, 9.17) is 4.74 Å². The van der Waals surface area contributed by atoms with Crippen LogP contribution in [0.3, 0.4) is 0 Å². The molecule has 0 saturated carbocycles. The Morgan fingerprint density at radius 1 is 0.875 bits per heavy atom. The topological polar surface area (TPSA) is 9.23 Å². The van der Waals surface area contributed by atoms with Gasteiger partial charge in [-0.25, -0.2) is 0 Å². The molecule has 0 bridgehead atoms. The molecule has 0 aliphatic rings. The monoisotopic (exact) mass is 324 g/mol. The summed E-state index contributed by atoms with van der Waals surface area (Å²) < 4.78 is 6.89. The van der Waals surface area contributed by atoms with Crippen molar-refractivity contribution < 1.29 is 4.74 Å². The molecule has 0 atom stereocenters. The first kappa shape index (κ1) is 11.5. The van der Waals surface area contributed by atoms with Gasteiger partial charge in [-0.05, 0) is 36.2 Å². The van der Waals surface area contributed by atoms with Gasteiger partial charge < -0.3 is 4.74 Å². The molecule has 0 unspecified atom stereocenters. The largest absolute Gasteiger partial charge is 0.457 e. The van der Waals surface area contributed by atoms with Crippen LogP contribution < -0.4 is 4.74 Å². The number of hydrogen-bond donors (Lipinski definition) is 0. The summed E-state index contributed by atoms with van der Waals surface area (Å²) in [5, 5.41) is 0. The maximum absolute atomic E-state index is 5.76. The standard InChI is InChI=1S/C14H13IO/c15-10-9-12-5-4-8-14(11-12)16-13-6-2-1-3-7-13/h1-8,11H,9-10H2. The fourth-order valence-electron chi connectivity index (χ4n) is 1.50. The van der Waals surface area contributed by atoms with Crippen LogP contribution in [0.15, 0.2) is 54.6 Å². The van der Waals surface area contributed by atoms with Gasteiger partial charge in [0.15, 0.2) is 0 Å². The lowest BCUT2D eigenvalue weighted by Gasteiger charge is -2.06. The molecular formula is C14H13IO. The third-order valence-corrected chi connectivity index (χ3v) is 2.80. The number of rotatable bonds is 4. The lowest BCUT2D eigenvalue weighted by atomic mass is 10.2. The summed E-state index contributed by atoms with van der Waals surface area (Å²) in [6.45, 7) is 0. The van der Waals surface area contributed by atoms with Crippen molar-refractivity contribution in [2.24, 2.45) is 0 Å². The molecule has 82 valence electrons. The number of ether oxygens (including phenoxy) is 1. The molecule has 0 aromatic heterocycles. The van der Waals surface area contributed by atoms with Gasteiger partial charge in [-0.15, -0.1) is 0 Å². The molecule has 0 amide bonds. The van der Waals surface area contributed by atoms with Crippen LogP contribution in [0.4, 0.5) is 0 Å². The number of aryl methyl sites for hydroxylation is 1. The second kappa shape index (κ2) is 5.89. The maximum atomic E-state index is 5.76. The highest BCUT2D eigenvalue weighted by Crippen LogP contribution is 2.22. The molecule has 0 aliphatic carbocycles. The average molecular weight is 324 g/mol. The second-order valence-corrected chi connectivity index (χ2v) is 4.58. The normalized spacial score (nSPS) is 10.1. The van der Waals surface area contributed by atoms with E-state index in [1.807, 2.05) is 42.5 Å². The van der Waals surface area contributed by atoms with Crippen molar-refractivity contribution in [1.82, 2.24) is 0 Å². The van der Waals surface area contributed by atoms with Crippen LogP contribution in [0.25, 0.3) is 0 Å². The van der Waals surface area contributed by atoms with Crippen LogP contribution in [-0.4, -0.2) is 4.43 Å². The van der Waals surface area contributed by atoms with E-state index in [1.165, 1.54) is 5.56 Å². The van der Waals surface area contributed by atoms with Gasteiger partial charge in [0.25, 0.3) is 0 Å². The van der Waals surface area contributed by atoms with Gasteiger partial charge >= 0.3 is 0 Å². The Labute approximate surface area is 110 Å². The highest BCUT2D eigenvalue weighted by atomic mass is 127. The smallest absolute Gasteiger partial charge is 0.127 e. The molecule has 2 aromatic rings. The van der Waals surface area contributed by atoms with Gasteiger partial charge in [-0.1, -0.05) is 52.9 Å². The van der Waals surface area contributed by atoms with Gasteiger partial charge in [0, 0.05) is 4.43 Å². The van der Waals surface area contributed by atoms with Crippen molar-refractivity contribution in [1.29, 1.82) is 0 Å². The Hall–Kier alpha value is -1.03. The summed E-state index contributed by atoms with van der Waals surface area (Å²) in [5.74, 6) is 1.79. The first-order chi connectivity index (χ1) is 7.88. The lowest BCUT2D eigenvalue weighted by Crippen LogP contribution is -1.88. The van der Waals surface area contributed by atoms with Crippen LogP contribution in [0.5, 0.6) is 11.5 Å². The van der Waals surface area contributed by atoms with E-state index in [2.05, 4.69) is 34.7 Å². The van der Waals surface area contributed by atoms with E-state index in [-0.39, 0.29) is 0 Å². The van der Waals surface area contributed by atoms with Crippen LogP contribution in [0, 0.1) is 0 Å². The Bertz CT molecular complexity index is 439. The molecule has 1 nitrogen and oxygen atoms in total. The zero-order valence-corrected chi connectivity index (χ0v) is 11.1. The molecule has 0 fully saturated rings. The molecule has 0 N–H and O–H groups in total. The first-order valence-corrected chi connectivity index (χ1v) is 6.79. The van der Waals surface area contributed by atoms with Crippen molar-refractivity contribution in [2.75, 3.05) is 4.43 Å². The lowest BCUT2D eigenvalue weighted by molar-refractivity contribution is 0.482. The molecule has 0 radical (unpaired) electrons. The minimum Gasteiger partial charge on any atom is -0.457 e. The second-order valence-electron chi connectivity index (χ2n) is 3.50. The summed E-state index contributed by atoms with van der Waals surface area (Å²) >= 11 is 2.39. The van der Waals surface area contributed by atoms with E-state index in [1.54, 1.807) is 0 Å². The highest BCUT2D eigenvalue weighted by molar-refractivity contribution is 14.1. The van der Waals surface area contributed by atoms with Crippen LogP contribution in [0.2, 0.25) is 0 Å². The summed E-state index contributed by atoms with van der Waals surface area (Å²) in [6, 6.07) is 18.1. The minimum atomic E-state index is 0.883. The van der Waals surface area contributed by atoms with Gasteiger partial charge in [-0.3, -0.25) is 0 Å². The Balaban J connectivity index is 2.12. The van der Waals surface area contributed by atoms with E-state index >= 15 is 0 Å². The summed E-state index contributed by atoms with van der Waals surface area (Å²) in [6.07, 6.45) is 1.09. The first-order valence-electron chi connectivity index (χ1n) is 5.26. The number of hydrogen-bond acceptors (Lipinski definition) is 1. The fraction of sp³-hybridized carbons (Fsp3) is 0.143. The van der Waals surface area contributed by atoms with Crippen molar-refractivity contribution in [2.45, 2.75) is 6.42 Å². The third-order valence-electron chi connectivity index (χ3n) is 2.26. The molecule has 2 rings (SSSR count). The summed E-state index contributed by atoms with van der Waals surface area (Å²) in [5.41, 5.74) is 1.32. The number of benzene rings is 2. The molecule has 0 spiro atoms. The molecule has 0 saturated heterocycles. The predicted octanol–water partition coefficient (Wildman–Crippen LogP) is 4.46. The minimum absolute atomic E-state index is 0.883. The Morgan fingerprint density at radius 3 is 2.38 bits per heavy atom. The van der Waals surface area contributed by atoms with E-state index in [0.29, 0.717) is 0 Å². The third kappa shape index (κ3) is 3.23. The van der Waals surface area contributed by atoms with Crippen LogP contribution in [-0.2, 0) is 6.42 Å². The number of halogens is 1. The van der Waals surface area contributed by atoms with Gasteiger partial charge in [0.2, 0.25) is 0 Å². The van der Waals surface area contributed by atoms with Crippen molar-refractivity contribution in [3.05, 3.63) is 60.2 Å².